The minimum absolute atomic E-state index is 0.00969. The summed E-state index contributed by atoms with van der Waals surface area (Å²) in [7, 11) is 1.83. The van der Waals surface area contributed by atoms with Crippen LogP contribution in [0.2, 0.25) is 0 Å². The van der Waals surface area contributed by atoms with Crippen molar-refractivity contribution < 1.29 is 4.79 Å². The van der Waals surface area contributed by atoms with Crippen LogP contribution >= 0.6 is 0 Å². The van der Waals surface area contributed by atoms with Crippen LogP contribution in [-0.2, 0) is 13.1 Å². The van der Waals surface area contributed by atoms with E-state index in [2.05, 4.69) is 40.4 Å². The summed E-state index contributed by atoms with van der Waals surface area (Å²) in [6, 6.07) is 22.2. The Bertz CT molecular complexity index is 1060. The van der Waals surface area contributed by atoms with Gasteiger partial charge in [0.2, 0.25) is 0 Å². The van der Waals surface area contributed by atoms with Crippen molar-refractivity contribution in [2.45, 2.75) is 13.1 Å². The van der Waals surface area contributed by atoms with Gasteiger partial charge in [0.25, 0.3) is 5.91 Å². The molecular weight excluding hydrogens is 336 g/mol. The maximum Gasteiger partial charge on any atom is 0.253 e. The highest BCUT2D eigenvalue weighted by atomic mass is 16.2. The normalized spacial score (nSPS) is 10.9. The van der Waals surface area contributed by atoms with E-state index in [4.69, 9.17) is 0 Å². The Labute approximate surface area is 157 Å². The van der Waals surface area contributed by atoms with Crippen molar-refractivity contribution in [3.63, 3.8) is 0 Å². The predicted octanol–water partition coefficient (Wildman–Crippen LogP) is 3.75. The third-order valence-electron chi connectivity index (χ3n) is 4.59. The number of rotatable bonds is 5. The molecule has 0 N–H and O–H groups in total. The van der Waals surface area contributed by atoms with Gasteiger partial charge < -0.3 is 4.90 Å². The van der Waals surface area contributed by atoms with E-state index in [1.165, 1.54) is 17.1 Å². The molecule has 0 bridgehead atoms. The molecule has 4 rings (SSSR count). The Hall–Kier alpha value is -3.47. The molecule has 0 fully saturated rings. The van der Waals surface area contributed by atoms with Crippen molar-refractivity contribution in [2.75, 3.05) is 7.05 Å². The van der Waals surface area contributed by atoms with Gasteiger partial charge in [0.1, 0.15) is 12.7 Å². The van der Waals surface area contributed by atoms with Gasteiger partial charge in [-0.25, -0.2) is 9.67 Å². The van der Waals surface area contributed by atoms with E-state index < -0.39 is 0 Å². The zero-order chi connectivity index (χ0) is 18.6. The van der Waals surface area contributed by atoms with E-state index in [9.17, 15) is 4.79 Å². The molecule has 5 heteroatoms. The van der Waals surface area contributed by atoms with Crippen LogP contribution in [0.3, 0.4) is 0 Å². The topological polar surface area (TPSA) is 51.0 Å². The van der Waals surface area contributed by atoms with Gasteiger partial charge >= 0.3 is 0 Å². The van der Waals surface area contributed by atoms with Crippen LogP contribution in [0.5, 0.6) is 0 Å². The molecule has 1 amide bonds. The molecule has 0 aliphatic carbocycles. The Kier molecular flexibility index (Phi) is 4.66. The molecule has 27 heavy (non-hydrogen) atoms. The second-order valence-electron chi connectivity index (χ2n) is 6.63. The summed E-state index contributed by atoms with van der Waals surface area (Å²) in [6.07, 6.45) is 3.19. The maximum absolute atomic E-state index is 12.7. The number of amides is 1. The van der Waals surface area contributed by atoms with Crippen molar-refractivity contribution in [2.24, 2.45) is 0 Å². The fraction of sp³-hybridized carbons (Fsp3) is 0.136. The van der Waals surface area contributed by atoms with E-state index in [0.29, 0.717) is 18.7 Å². The lowest BCUT2D eigenvalue weighted by atomic mass is 10.1. The lowest BCUT2D eigenvalue weighted by molar-refractivity contribution is 0.0785. The van der Waals surface area contributed by atoms with Gasteiger partial charge in [0, 0.05) is 19.2 Å². The number of carbonyl (C=O) groups is 1. The molecule has 0 saturated carbocycles. The van der Waals surface area contributed by atoms with Crippen LogP contribution in [-0.4, -0.2) is 32.6 Å². The first kappa shape index (κ1) is 17.0. The molecule has 1 aromatic heterocycles. The molecule has 0 aliphatic rings. The smallest absolute Gasteiger partial charge is 0.253 e. The molecule has 0 saturated heterocycles. The Morgan fingerprint density at radius 3 is 2.44 bits per heavy atom. The van der Waals surface area contributed by atoms with Crippen LogP contribution in [0.4, 0.5) is 0 Å². The summed E-state index contributed by atoms with van der Waals surface area (Å²) in [6.45, 7) is 1.21. The van der Waals surface area contributed by atoms with Gasteiger partial charge in [-0.05, 0) is 40.1 Å². The Balaban J connectivity index is 1.44. The first-order valence-corrected chi connectivity index (χ1v) is 8.83. The summed E-state index contributed by atoms with van der Waals surface area (Å²) >= 11 is 0. The molecular formula is C22H20N4O. The molecule has 4 aromatic rings. The zero-order valence-corrected chi connectivity index (χ0v) is 15.1. The molecule has 0 aliphatic heterocycles. The van der Waals surface area contributed by atoms with Crippen molar-refractivity contribution in [1.29, 1.82) is 0 Å². The van der Waals surface area contributed by atoms with E-state index in [0.717, 1.165) is 11.1 Å². The number of hydrogen-bond acceptors (Lipinski definition) is 3. The number of aromatic nitrogens is 3. The highest BCUT2D eigenvalue weighted by molar-refractivity contribution is 5.94. The number of carbonyl (C=O) groups excluding carboxylic acids is 1. The largest absolute Gasteiger partial charge is 0.337 e. The highest BCUT2D eigenvalue weighted by Crippen LogP contribution is 2.17. The van der Waals surface area contributed by atoms with Gasteiger partial charge in [0.15, 0.2) is 0 Å². The second-order valence-corrected chi connectivity index (χ2v) is 6.63. The average Bonchev–Trinajstić information content (AvgIpc) is 3.21. The van der Waals surface area contributed by atoms with Crippen molar-refractivity contribution >= 4 is 16.7 Å². The summed E-state index contributed by atoms with van der Waals surface area (Å²) in [5.74, 6) is 0.00969. The quantitative estimate of drug-likeness (QED) is 0.547. The molecule has 0 spiro atoms. The number of fused-ring (bicyclic) bond motifs is 1. The summed E-state index contributed by atoms with van der Waals surface area (Å²) < 4.78 is 1.75. The minimum atomic E-state index is 0.00969. The van der Waals surface area contributed by atoms with Crippen LogP contribution in [0.25, 0.3) is 10.8 Å². The van der Waals surface area contributed by atoms with Gasteiger partial charge in [0.05, 0.1) is 6.54 Å². The fourth-order valence-electron chi connectivity index (χ4n) is 3.16. The van der Waals surface area contributed by atoms with E-state index >= 15 is 0 Å². The Morgan fingerprint density at radius 2 is 1.70 bits per heavy atom. The summed E-state index contributed by atoms with van der Waals surface area (Å²) in [5.41, 5.74) is 2.88. The SMILES string of the molecule is CN(Cc1ccc2ccccc2c1)C(=O)c1ccc(Cn2cncn2)cc1. The lowest BCUT2D eigenvalue weighted by Crippen LogP contribution is -2.26. The van der Waals surface area contributed by atoms with Crippen molar-refractivity contribution in [1.82, 2.24) is 19.7 Å². The lowest BCUT2D eigenvalue weighted by Gasteiger charge is -2.18. The minimum Gasteiger partial charge on any atom is -0.337 e. The zero-order valence-electron chi connectivity index (χ0n) is 15.1. The summed E-state index contributed by atoms with van der Waals surface area (Å²) in [4.78, 5) is 18.4. The number of benzene rings is 3. The molecule has 134 valence electrons. The first-order valence-electron chi connectivity index (χ1n) is 8.83. The van der Waals surface area contributed by atoms with Gasteiger partial charge in [-0.1, -0.05) is 48.5 Å². The van der Waals surface area contributed by atoms with Crippen LogP contribution in [0, 0.1) is 0 Å². The number of nitrogens with zero attached hydrogens (tertiary/aromatic N) is 4. The standard InChI is InChI=1S/C22H20N4O/c1-25(13-18-8-9-19-4-2-3-5-21(19)12-18)22(27)20-10-6-17(7-11-20)14-26-16-23-15-24-26/h2-12,15-16H,13-14H2,1H3. The van der Waals surface area contributed by atoms with E-state index in [1.54, 1.807) is 15.9 Å². The van der Waals surface area contributed by atoms with Crippen LogP contribution < -0.4 is 0 Å². The third kappa shape index (κ3) is 3.87. The fourth-order valence-corrected chi connectivity index (χ4v) is 3.16. The number of hydrogen-bond donors (Lipinski definition) is 0. The van der Waals surface area contributed by atoms with Gasteiger partial charge in [-0.2, -0.15) is 5.10 Å². The molecule has 0 unspecified atom stereocenters. The monoisotopic (exact) mass is 356 g/mol. The van der Waals surface area contributed by atoms with E-state index in [1.807, 2.05) is 43.4 Å². The Morgan fingerprint density at radius 1 is 0.963 bits per heavy atom. The molecule has 5 nitrogen and oxygen atoms in total. The van der Waals surface area contributed by atoms with Crippen molar-refractivity contribution in [3.8, 4) is 0 Å². The summed E-state index contributed by atoms with van der Waals surface area (Å²) in [5, 5.41) is 6.49. The van der Waals surface area contributed by atoms with Gasteiger partial charge in [-0.3, -0.25) is 4.79 Å². The van der Waals surface area contributed by atoms with Crippen LogP contribution in [0.15, 0.2) is 79.4 Å². The predicted molar refractivity (Wildman–Crippen MR) is 105 cm³/mol. The first-order chi connectivity index (χ1) is 13.2. The highest BCUT2D eigenvalue weighted by Gasteiger charge is 2.12. The molecule has 0 atom stereocenters. The maximum atomic E-state index is 12.7. The third-order valence-corrected chi connectivity index (χ3v) is 4.59. The van der Waals surface area contributed by atoms with Gasteiger partial charge in [-0.15, -0.1) is 0 Å². The van der Waals surface area contributed by atoms with Crippen molar-refractivity contribution in [3.05, 3.63) is 96.1 Å². The molecule has 1 heterocycles. The average molecular weight is 356 g/mol. The van der Waals surface area contributed by atoms with E-state index in [-0.39, 0.29) is 5.91 Å². The molecule has 0 radical (unpaired) electrons. The second kappa shape index (κ2) is 7.41. The molecule has 3 aromatic carbocycles. The van der Waals surface area contributed by atoms with Crippen LogP contribution in [0.1, 0.15) is 21.5 Å².